The van der Waals surface area contributed by atoms with Crippen molar-refractivity contribution >= 4 is 11.6 Å². The van der Waals surface area contributed by atoms with E-state index in [1.807, 2.05) is 0 Å². The summed E-state index contributed by atoms with van der Waals surface area (Å²) in [5.74, 6) is 1.09. The highest BCUT2D eigenvalue weighted by molar-refractivity contribution is 6.30. The molecule has 0 radical (unpaired) electrons. The largest absolute Gasteiger partial charge is 0.339 e. The lowest BCUT2D eigenvalue weighted by Gasteiger charge is -2.28. The summed E-state index contributed by atoms with van der Waals surface area (Å²) in [7, 11) is 0. The second kappa shape index (κ2) is 5.50. The number of pyridine rings is 1. The summed E-state index contributed by atoms with van der Waals surface area (Å²) in [4.78, 5) is 11.6. The van der Waals surface area contributed by atoms with Crippen LogP contribution in [0.25, 0.3) is 11.5 Å². The molecule has 1 aliphatic rings. The summed E-state index contributed by atoms with van der Waals surface area (Å²) >= 11 is 6.26. The number of nitrogens with one attached hydrogen (secondary N) is 2. The molecule has 3 rings (SSSR count). The van der Waals surface area contributed by atoms with Crippen molar-refractivity contribution in [1.29, 1.82) is 0 Å². The van der Waals surface area contributed by atoms with Gasteiger partial charge in [-0.05, 0) is 37.6 Å². The van der Waals surface area contributed by atoms with E-state index >= 15 is 0 Å². The highest BCUT2D eigenvalue weighted by atomic mass is 35.5. The molecule has 2 aromatic rings. The summed E-state index contributed by atoms with van der Waals surface area (Å²) in [6, 6.07) is 2.96. The molecule has 0 amide bonds. The Labute approximate surface area is 121 Å². The number of H-pyrrole nitrogens is 1. The first-order valence-electron chi connectivity index (χ1n) is 6.73. The first kappa shape index (κ1) is 13.5. The monoisotopic (exact) mass is 294 g/mol. The lowest BCUT2D eigenvalue weighted by atomic mass is 9.86. The Hall–Kier alpha value is -1.46. The van der Waals surface area contributed by atoms with Gasteiger partial charge in [-0.2, -0.15) is 0 Å². The van der Waals surface area contributed by atoms with E-state index in [4.69, 9.17) is 11.6 Å². The van der Waals surface area contributed by atoms with E-state index in [0.717, 1.165) is 25.2 Å². The highest BCUT2D eigenvalue weighted by Gasteiger charge is 2.27. The summed E-state index contributed by atoms with van der Waals surface area (Å²) in [6.07, 6.45) is 2.21. The molecular formula is C14H16ClFN4. The zero-order valence-electron chi connectivity index (χ0n) is 11.2. The smallest absolute Gasteiger partial charge is 0.158 e. The van der Waals surface area contributed by atoms with Crippen molar-refractivity contribution in [3.05, 3.63) is 35.0 Å². The fourth-order valence-electron chi connectivity index (χ4n) is 2.69. The molecule has 0 saturated carbocycles. The van der Waals surface area contributed by atoms with Gasteiger partial charge in [0.2, 0.25) is 0 Å². The molecule has 6 heteroatoms. The second-order valence-electron chi connectivity index (χ2n) is 5.23. The first-order valence-corrected chi connectivity index (χ1v) is 7.11. The van der Waals surface area contributed by atoms with Gasteiger partial charge >= 0.3 is 0 Å². The summed E-state index contributed by atoms with van der Waals surface area (Å²) in [5, 5.41) is 3.86. The molecule has 2 atom stereocenters. The van der Waals surface area contributed by atoms with Crippen LogP contribution in [0.2, 0.25) is 5.15 Å². The molecule has 2 aromatic heterocycles. The van der Waals surface area contributed by atoms with E-state index in [9.17, 15) is 4.39 Å². The molecule has 3 heterocycles. The van der Waals surface area contributed by atoms with Gasteiger partial charge in [0.05, 0.1) is 11.9 Å². The Morgan fingerprint density at radius 2 is 2.25 bits per heavy atom. The van der Waals surface area contributed by atoms with Gasteiger partial charge in [0, 0.05) is 5.92 Å². The van der Waals surface area contributed by atoms with Crippen LogP contribution in [0, 0.1) is 11.7 Å². The topological polar surface area (TPSA) is 53.6 Å². The maximum Gasteiger partial charge on any atom is 0.158 e. The zero-order chi connectivity index (χ0) is 14.1. The number of hydrogen-bond acceptors (Lipinski definition) is 3. The quantitative estimate of drug-likeness (QED) is 0.895. The predicted molar refractivity (Wildman–Crippen MR) is 76.2 cm³/mol. The minimum atomic E-state index is -0.362. The molecule has 0 aliphatic carbocycles. The third-order valence-electron chi connectivity index (χ3n) is 3.81. The predicted octanol–water partition coefficient (Wildman–Crippen LogP) is 2.98. The van der Waals surface area contributed by atoms with Crippen LogP contribution in [0.15, 0.2) is 18.3 Å². The number of aromatic amines is 1. The Morgan fingerprint density at radius 1 is 1.40 bits per heavy atom. The van der Waals surface area contributed by atoms with Crippen molar-refractivity contribution < 1.29 is 4.39 Å². The molecule has 0 bridgehead atoms. The molecule has 0 aromatic carbocycles. The van der Waals surface area contributed by atoms with Gasteiger partial charge < -0.3 is 10.3 Å². The summed E-state index contributed by atoms with van der Waals surface area (Å²) in [5.41, 5.74) is 1.56. The Morgan fingerprint density at radius 3 is 2.95 bits per heavy atom. The standard InChI is InChI=1S/C14H16ClFN4/c1-8-6-17-5-4-10(8)12-13(15)20-14(19-12)11-3-2-9(16)7-18-11/h2-3,7-8,10,17H,4-6H2,1H3,(H,19,20)/t8-,10+/m0/s1. The molecule has 0 unspecified atom stereocenters. The molecule has 20 heavy (non-hydrogen) atoms. The molecule has 1 fully saturated rings. The van der Waals surface area contributed by atoms with E-state index < -0.39 is 0 Å². The van der Waals surface area contributed by atoms with Crippen molar-refractivity contribution in [2.75, 3.05) is 13.1 Å². The third kappa shape index (κ3) is 2.55. The molecular weight excluding hydrogens is 279 g/mol. The average Bonchev–Trinajstić information content (AvgIpc) is 2.82. The van der Waals surface area contributed by atoms with Crippen LogP contribution in [0.3, 0.4) is 0 Å². The van der Waals surface area contributed by atoms with Crippen LogP contribution in [-0.4, -0.2) is 28.0 Å². The lowest BCUT2D eigenvalue weighted by molar-refractivity contribution is 0.345. The van der Waals surface area contributed by atoms with Crippen LogP contribution in [0.1, 0.15) is 25.0 Å². The molecule has 1 saturated heterocycles. The van der Waals surface area contributed by atoms with Crippen molar-refractivity contribution in [3.8, 4) is 11.5 Å². The number of nitrogens with zero attached hydrogens (tertiary/aromatic N) is 2. The van der Waals surface area contributed by atoms with Crippen LogP contribution >= 0.6 is 11.6 Å². The minimum absolute atomic E-state index is 0.362. The van der Waals surface area contributed by atoms with Crippen molar-refractivity contribution in [2.24, 2.45) is 5.92 Å². The third-order valence-corrected chi connectivity index (χ3v) is 4.10. The fourth-order valence-corrected chi connectivity index (χ4v) is 2.96. The van der Waals surface area contributed by atoms with E-state index in [1.165, 1.54) is 12.3 Å². The van der Waals surface area contributed by atoms with Gasteiger partial charge in [-0.25, -0.2) is 14.4 Å². The number of piperidine rings is 1. The van der Waals surface area contributed by atoms with Gasteiger partial charge in [0.15, 0.2) is 11.0 Å². The second-order valence-corrected chi connectivity index (χ2v) is 5.59. The Bertz CT molecular complexity index is 596. The zero-order valence-corrected chi connectivity index (χ0v) is 11.9. The maximum atomic E-state index is 12.9. The van der Waals surface area contributed by atoms with Gasteiger partial charge in [0.1, 0.15) is 11.5 Å². The molecule has 4 nitrogen and oxygen atoms in total. The Balaban J connectivity index is 1.92. The van der Waals surface area contributed by atoms with E-state index in [-0.39, 0.29) is 5.82 Å². The number of aromatic nitrogens is 3. The maximum absolute atomic E-state index is 12.9. The number of hydrogen-bond donors (Lipinski definition) is 2. The van der Waals surface area contributed by atoms with Gasteiger partial charge in [0.25, 0.3) is 0 Å². The molecule has 0 spiro atoms. The normalized spacial score (nSPS) is 22.9. The lowest BCUT2D eigenvalue weighted by Crippen LogP contribution is -2.34. The molecule has 2 N–H and O–H groups in total. The molecule has 106 valence electrons. The first-order chi connectivity index (χ1) is 9.65. The van der Waals surface area contributed by atoms with Crippen molar-refractivity contribution in [1.82, 2.24) is 20.3 Å². The SMILES string of the molecule is C[C@H]1CNCC[C@H]1c1[nH]c(-c2ccc(F)cn2)nc1Cl. The summed E-state index contributed by atoms with van der Waals surface area (Å²) < 4.78 is 12.9. The number of rotatable bonds is 2. The molecule has 1 aliphatic heterocycles. The van der Waals surface area contributed by atoms with Gasteiger partial charge in [-0.1, -0.05) is 18.5 Å². The minimum Gasteiger partial charge on any atom is -0.339 e. The van der Waals surface area contributed by atoms with E-state index in [1.54, 1.807) is 6.07 Å². The van der Waals surface area contributed by atoms with Gasteiger partial charge in [-0.3, -0.25) is 0 Å². The average molecular weight is 295 g/mol. The number of imidazole rings is 1. The van der Waals surface area contributed by atoms with E-state index in [2.05, 4.69) is 27.2 Å². The number of halogens is 2. The van der Waals surface area contributed by atoms with Crippen LogP contribution in [0.4, 0.5) is 4.39 Å². The Kier molecular flexibility index (Phi) is 3.72. The summed E-state index contributed by atoms with van der Waals surface area (Å²) in [6.45, 7) is 4.16. The van der Waals surface area contributed by atoms with Crippen LogP contribution < -0.4 is 5.32 Å². The fraction of sp³-hybridized carbons (Fsp3) is 0.429. The van der Waals surface area contributed by atoms with Gasteiger partial charge in [-0.15, -0.1) is 0 Å². The van der Waals surface area contributed by atoms with E-state index in [0.29, 0.717) is 28.5 Å². The van der Waals surface area contributed by atoms with Crippen molar-refractivity contribution in [2.45, 2.75) is 19.3 Å². The highest BCUT2D eigenvalue weighted by Crippen LogP contribution is 2.34. The van der Waals surface area contributed by atoms with Crippen molar-refractivity contribution in [3.63, 3.8) is 0 Å². The van der Waals surface area contributed by atoms with Crippen LogP contribution in [0.5, 0.6) is 0 Å². The van der Waals surface area contributed by atoms with Crippen LogP contribution in [-0.2, 0) is 0 Å².